The van der Waals surface area contributed by atoms with Gasteiger partial charge in [0.25, 0.3) is 0 Å². The molecule has 0 radical (unpaired) electrons. The van der Waals surface area contributed by atoms with E-state index in [1.54, 1.807) is 0 Å². The molecule has 4 rings (SSSR count). The lowest BCUT2D eigenvalue weighted by molar-refractivity contribution is -0.137. The number of nitrogens with zero attached hydrogens (tertiary/aromatic N) is 3. The fourth-order valence-corrected chi connectivity index (χ4v) is 5.83. The van der Waals surface area contributed by atoms with Crippen molar-refractivity contribution in [2.45, 2.75) is 95.5 Å². The number of hydrogen-bond donors (Lipinski definition) is 0. The molecule has 2 bridgehead atoms. The molecule has 1 aliphatic carbocycles. The van der Waals surface area contributed by atoms with Gasteiger partial charge in [-0.25, -0.2) is 0 Å². The van der Waals surface area contributed by atoms with Gasteiger partial charge in [-0.15, -0.1) is 0 Å². The summed E-state index contributed by atoms with van der Waals surface area (Å²) in [5, 5.41) is 0. The van der Waals surface area contributed by atoms with Crippen molar-refractivity contribution in [3.63, 3.8) is 0 Å². The van der Waals surface area contributed by atoms with E-state index in [0.29, 0.717) is 18.1 Å². The molecule has 3 aliphatic heterocycles. The van der Waals surface area contributed by atoms with Crippen molar-refractivity contribution < 1.29 is 4.74 Å². The average Bonchev–Trinajstić information content (AvgIpc) is 3.32. The van der Waals surface area contributed by atoms with E-state index in [-0.39, 0.29) is 11.1 Å². The van der Waals surface area contributed by atoms with E-state index >= 15 is 0 Å². The predicted octanol–water partition coefficient (Wildman–Crippen LogP) is 2.58. The van der Waals surface area contributed by atoms with Gasteiger partial charge in [0.05, 0.1) is 18.8 Å². The van der Waals surface area contributed by atoms with Crippen LogP contribution in [0.3, 0.4) is 0 Å². The van der Waals surface area contributed by atoms with Crippen LogP contribution in [-0.2, 0) is 4.74 Å². The molecule has 0 spiro atoms. The number of ether oxygens (including phenoxy) is 1. The van der Waals surface area contributed by atoms with E-state index in [2.05, 4.69) is 49.3 Å². The fraction of sp³-hybridized carbons (Fsp3) is 1.00. The molecule has 3 atom stereocenters. The lowest BCUT2D eigenvalue weighted by Crippen LogP contribution is -2.73. The van der Waals surface area contributed by atoms with Crippen LogP contribution < -0.4 is 0 Å². The van der Waals surface area contributed by atoms with Gasteiger partial charge in [0.2, 0.25) is 0 Å². The van der Waals surface area contributed by atoms with Crippen LogP contribution in [0.2, 0.25) is 0 Å². The van der Waals surface area contributed by atoms with Gasteiger partial charge in [-0.05, 0) is 60.3 Å². The van der Waals surface area contributed by atoms with Crippen LogP contribution >= 0.6 is 0 Å². The van der Waals surface area contributed by atoms with Crippen LogP contribution in [0.1, 0.15) is 60.3 Å². The first-order valence-corrected chi connectivity index (χ1v) is 10.2. The van der Waals surface area contributed by atoms with Gasteiger partial charge in [0.1, 0.15) is 0 Å². The predicted molar refractivity (Wildman–Crippen MR) is 98.4 cm³/mol. The molecule has 4 nitrogen and oxygen atoms in total. The average molecular weight is 336 g/mol. The second kappa shape index (κ2) is 5.94. The third kappa shape index (κ3) is 2.74. The first-order chi connectivity index (χ1) is 11.3. The lowest BCUT2D eigenvalue weighted by Gasteiger charge is -2.58. The van der Waals surface area contributed by atoms with Crippen LogP contribution in [0.15, 0.2) is 0 Å². The summed E-state index contributed by atoms with van der Waals surface area (Å²) in [6, 6.07) is 2.74. The first-order valence-electron chi connectivity index (χ1n) is 10.2. The second-order valence-corrected chi connectivity index (χ2v) is 9.91. The van der Waals surface area contributed by atoms with Crippen molar-refractivity contribution in [1.82, 2.24) is 14.7 Å². The summed E-state index contributed by atoms with van der Waals surface area (Å²) in [5.41, 5.74) is 0.504. The molecule has 4 aliphatic rings. The van der Waals surface area contributed by atoms with Crippen LogP contribution in [0.25, 0.3) is 0 Å². The van der Waals surface area contributed by atoms with Crippen molar-refractivity contribution >= 4 is 0 Å². The maximum absolute atomic E-state index is 6.18. The standard InChI is InChI=1S/C20H37N3O/c1-15(2)23-17-8-9-20(23,14-24-13-17)18-12-21(19(3,4)5)10-11-22(18)16-6-7-16/h15-18H,6-14H2,1-5H3. The lowest BCUT2D eigenvalue weighted by atomic mass is 9.83. The van der Waals surface area contributed by atoms with E-state index in [9.17, 15) is 0 Å². The maximum atomic E-state index is 6.18. The van der Waals surface area contributed by atoms with E-state index < -0.39 is 0 Å². The quantitative estimate of drug-likeness (QED) is 0.789. The number of rotatable bonds is 3. The zero-order valence-corrected chi connectivity index (χ0v) is 16.4. The van der Waals surface area contributed by atoms with Crippen molar-refractivity contribution in [2.75, 3.05) is 32.8 Å². The molecule has 0 aromatic heterocycles. The summed E-state index contributed by atoms with van der Waals surface area (Å²) < 4.78 is 6.18. The Balaban J connectivity index is 1.66. The minimum Gasteiger partial charge on any atom is -0.378 e. The SMILES string of the molecule is CC(C)N1C2CCC1(C1CN(C(C)(C)C)CCN1C1CC1)COC2. The second-order valence-electron chi connectivity index (χ2n) is 9.91. The molecular weight excluding hydrogens is 298 g/mol. The van der Waals surface area contributed by atoms with Crippen LogP contribution in [0.4, 0.5) is 0 Å². The van der Waals surface area contributed by atoms with Gasteiger partial charge in [0.15, 0.2) is 0 Å². The minimum atomic E-state index is 0.240. The minimum absolute atomic E-state index is 0.240. The molecule has 3 saturated heterocycles. The topological polar surface area (TPSA) is 19.0 Å². The Morgan fingerprint density at radius 2 is 1.79 bits per heavy atom. The highest BCUT2D eigenvalue weighted by atomic mass is 16.5. The Labute approximate surface area is 148 Å². The highest BCUT2D eigenvalue weighted by Gasteiger charge is 2.58. The normalized spacial score (nSPS) is 39.8. The van der Waals surface area contributed by atoms with E-state index in [0.717, 1.165) is 19.3 Å². The fourth-order valence-electron chi connectivity index (χ4n) is 5.83. The Bertz CT molecular complexity index is 466. The molecule has 3 unspecified atom stereocenters. The van der Waals surface area contributed by atoms with Gasteiger partial charge < -0.3 is 4.74 Å². The van der Waals surface area contributed by atoms with Gasteiger partial charge >= 0.3 is 0 Å². The van der Waals surface area contributed by atoms with Crippen molar-refractivity contribution in [2.24, 2.45) is 0 Å². The van der Waals surface area contributed by atoms with Gasteiger partial charge in [-0.1, -0.05) is 0 Å². The Kier molecular flexibility index (Phi) is 4.27. The van der Waals surface area contributed by atoms with Crippen molar-refractivity contribution in [3.8, 4) is 0 Å². The summed E-state index contributed by atoms with van der Waals surface area (Å²) in [6.07, 6.45) is 5.46. The number of morpholine rings is 1. The van der Waals surface area contributed by atoms with E-state index in [1.807, 2.05) is 0 Å². The summed E-state index contributed by atoms with van der Waals surface area (Å²) in [4.78, 5) is 8.48. The van der Waals surface area contributed by atoms with Gasteiger partial charge in [-0.2, -0.15) is 0 Å². The highest BCUT2D eigenvalue weighted by molar-refractivity contribution is 5.14. The molecule has 0 aromatic rings. The molecule has 24 heavy (non-hydrogen) atoms. The number of hydrogen-bond acceptors (Lipinski definition) is 4. The molecular formula is C20H37N3O. The Morgan fingerprint density at radius 3 is 2.42 bits per heavy atom. The largest absolute Gasteiger partial charge is 0.378 e. The molecule has 0 amide bonds. The summed E-state index contributed by atoms with van der Waals surface area (Å²) in [7, 11) is 0. The smallest absolute Gasteiger partial charge is 0.0667 e. The third-order valence-electron chi connectivity index (χ3n) is 7.04. The van der Waals surface area contributed by atoms with Crippen molar-refractivity contribution in [3.05, 3.63) is 0 Å². The number of piperazine rings is 1. The van der Waals surface area contributed by atoms with Crippen molar-refractivity contribution in [1.29, 1.82) is 0 Å². The van der Waals surface area contributed by atoms with Crippen LogP contribution in [0, 0.1) is 0 Å². The number of fused-ring (bicyclic) bond motifs is 2. The highest BCUT2D eigenvalue weighted by Crippen LogP contribution is 2.46. The molecule has 138 valence electrons. The van der Waals surface area contributed by atoms with Gasteiger partial charge in [-0.3, -0.25) is 14.7 Å². The molecule has 3 heterocycles. The molecule has 1 saturated carbocycles. The van der Waals surface area contributed by atoms with Crippen LogP contribution in [0.5, 0.6) is 0 Å². The van der Waals surface area contributed by atoms with Gasteiger partial charge in [0, 0.05) is 49.3 Å². The zero-order chi connectivity index (χ0) is 17.1. The van der Waals surface area contributed by atoms with E-state index in [4.69, 9.17) is 4.74 Å². The molecule has 0 aromatic carbocycles. The summed E-state index contributed by atoms with van der Waals surface area (Å²) >= 11 is 0. The monoisotopic (exact) mass is 335 g/mol. The zero-order valence-electron chi connectivity index (χ0n) is 16.4. The van der Waals surface area contributed by atoms with Crippen LogP contribution in [-0.4, -0.2) is 82.8 Å². The molecule has 4 fully saturated rings. The first kappa shape index (κ1) is 17.3. The molecule has 0 N–H and O–H groups in total. The summed E-state index contributed by atoms with van der Waals surface area (Å²) in [5.74, 6) is 0. The Morgan fingerprint density at radius 1 is 1.04 bits per heavy atom. The summed E-state index contributed by atoms with van der Waals surface area (Å²) in [6.45, 7) is 17.5. The van der Waals surface area contributed by atoms with E-state index in [1.165, 1.54) is 45.3 Å². The maximum Gasteiger partial charge on any atom is 0.0667 e. The third-order valence-corrected chi connectivity index (χ3v) is 7.04. The molecule has 4 heteroatoms. The Hall–Kier alpha value is -0.160.